The van der Waals surface area contributed by atoms with E-state index in [0.717, 1.165) is 29.8 Å². The van der Waals surface area contributed by atoms with Crippen molar-refractivity contribution in [3.63, 3.8) is 0 Å². The number of nitrogens with zero attached hydrogens (tertiary/aromatic N) is 4. The largest absolute Gasteiger partial charge is 0.439 e. The maximum absolute atomic E-state index is 12.0. The smallest absolute Gasteiger partial charge is 0.224 e. The number of hydrogen-bond acceptors (Lipinski definition) is 5. The van der Waals surface area contributed by atoms with Gasteiger partial charge in [0, 0.05) is 12.5 Å². The highest BCUT2D eigenvalue weighted by atomic mass is 16.5. The Morgan fingerprint density at radius 1 is 1.17 bits per heavy atom. The highest BCUT2D eigenvalue weighted by molar-refractivity contribution is 5.97. The van der Waals surface area contributed by atoms with Crippen LogP contribution in [0.5, 0.6) is 11.6 Å². The van der Waals surface area contributed by atoms with Gasteiger partial charge >= 0.3 is 0 Å². The number of carbonyl (C=O) groups is 1. The molecule has 24 heavy (non-hydrogen) atoms. The molecule has 0 saturated carbocycles. The van der Waals surface area contributed by atoms with Crippen LogP contribution in [0.3, 0.4) is 0 Å². The molecule has 6 nitrogen and oxygen atoms in total. The molecule has 0 spiro atoms. The molecule has 3 aromatic rings. The van der Waals surface area contributed by atoms with E-state index in [1.807, 2.05) is 31.2 Å². The first-order valence-electron chi connectivity index (χ1n) is 7.88. The van der Waals surface area contributed by atoms with Gasteiger partial charge in [-0.3, -0.25) is 4.79 Å². The average Bonchev–Trinajstić information content (AvgIpc) is 3.03. The maximum atomic E-state index is 12.0. The molecular weight excluding hydrogens is 304 g/mol. The molecular formula is C18H16N4O2. The minimum atomic E-state index is 0.146. The first-order chi connectivity index (χ1) is 11.7. The number of benzene rings is 1. The second kappa shape index (κ2) is 5.88. The molecule has 1 aliphatic rings. The van der Waals surface area contributed by atoms with Gasteiger partial charge in [0.2, 0.25) is 5.88 Å². The lowest BCUT2D eigenvalue weighted by Crippen LogP contribution is -2.13. The molecule has 2 heterocycles. The summed E-state index contributed by atoms with van der Waals surface area (Å²) in [6, 6.07) is 9.48. The quantitative estimate of drug-likeness (QED) is 0.740. The summed E-state index contributed by atoms with van der Waals surface area (Å²) in [5, 5.41) is 4.33. The van der Waals surface area contributed by atoms with Gasteiger partial charge in [0.25, 0.3) is 0 Å². The zero-order valence-corrected chi connectivity index (χ0v) is 13.3. The van der Waals surface area contributed by atoms with Crippen molar-refractivity contribution >= 4 is 5.78 Å². The van der Waals surface area contributed by atoms with Gasteiger partial charge in [0.05, 0.1) is 17.5 Å². The Morgan fingerprint density at radius 2 is 2.04 bits per heavy atom. The Labute approximate surface area is 139 Å². The number of carbonyl (C=O) groups excluding carboxylic acids is 1. The van der Waals surface area contributed by atoms with Crippen molar-refractivity contribution < 1.29 is 9.53 Å². The number of rotatable bonds is 3. The molecule has 0 saturated heterocycles. The molecule has 0 amide bonds. The van der Waals surface area contributed by atoms with Gasteiger partial charge < -0.3 is 4.74 Å². The number of ketones is 1. The fraction of sp³-hybridized carbons (Fsp3) is 0.222. The van der Waals surface area contributed by atoms with Crippen LogP contribution in [0.1, 0.15) is 34.5 Å². The Balaban J connectivity index is 1.69. The van der Waals surface area contributed by atoms with Crippen LogP contribution >= 0.6 is 0 Å². The number of hydrogen-bond donors (Lipinski definition) is 0. The van der Waals surface area contributed by atoms with Crippen LogP contribution in [0.15, 0.2) is 42.9 Å². The fourth-order valence-electron chi connectivity index (χ4n) is 2.88. The van der Waals surface area contributed by atoms with Crippen LogP contribution in [-0.2, 0) is 6.42 Å². The van der Waals surface area contributed by atoms with Crippen molar-refractivity contribution in [2.45, 2.75) is 26.2 Å². The van der Waals surface area contributed by atoms with Crippen molar-refractivity contribution in [3.8, 4) is 17.4 Å². The van der Waals surface area contributed by atoms with Crippen molar-refractivity contribution in [3.05, 3.63) is 59.7 Å². The molecule has 0 aliphatic heterocycles. The molecule has 120 valence electrons. The summed E-state index contributed by atoms with van der Waals surface area (Å²) < 4.78 is 7.56. The number of fused-ring (bicyclic) bond motifs is 1. The average molecular weight is 320 g/mol. The number of Topliss-reactive ketones (excluding diaryl/α,β-unsaturated/α-hetero) is 1. The van der Waals surface area contributed by atoms with E-state index in [1.54, 1.807) is 16.9 Å². The van der Waals surface area contributed by atoms with Crippen LogP contribution in [0.4, 0.5) is 0 Å². The summed E-state index contributed by atoms with van der Waals surface area (Å²) >= 11 is 0. The lowest BCUT2D eigenvalue weighted by molar-refractivity contribution is 0.0972. The van der Waals surface area contributed by atoms with Crippen molar-refractivity contribution in [2.75, 3.05) is 0 Å². The van der Waals surface area contributed by atoms with E-state index < -0.39 is 0 Å². The summed E-state index contributed by atoms with van der Waals surface area (Å²) in [5.74, 6) is 1.94. The Hall–Kier alpha value is -3.02. The van der Waals surface area contributed by atoms with Crippen LogP contribution in [0.2, 0.25) is 0 Å². The molecule has 1 aliphatic carbocycles. The van der Waals surface area contributed by atoms with Crippen LogP contribution in [0.25, 0.3) is 5.82 Å². The first-order valence-corrected chi connectivity index (χ1v) is 7.88. The summed E-state index contributed by atoms with van der Waals surface area (Å²) in [6.45, 7) is 1.98. The number of aryl methyl sites for hydroxylation is 1. The van der Waals surface area contributed by atoms with E-state index in [1.165, 1.54) is 6.33 Å². The van der Waals surface area contributed by atoms with Gasteiger partial charge in [-0.1, -0.05) is 18.2 Å². The minimum Gasteiger partial charge on any atom is -0.439 e. The molecule has 0 N–H and O–H groups in total. The monoisotopic (exact) mass is 320 g/mol. The zero-order valence-electron chi connectivity index (χ0n) is 13.3. The van der Waals surface area contributed by atoms with E-state index in [-0.39, 0.29) is 5.78 Å². The topological polar surface area (TPSA) is 69.9 Å². The molecule has 0 bridgehead atoms. The Morgan fingerprint density at radius 3 is 2.92 bits per heavy atom. The van der Waals surface area contributed by atoms with Gasteiger partial charge in [-0.15, -0.1) is 0 Å². The van der Waals surface area contributed by atoms with Crippen LogP contribution in [-0.4, -0.2) is 25.5 Å². The van der Waals surface area contributed by atoms with Crippen LogP contribution in [0, 0.1) is 6.92 Å². The molecule has 0 fully saturated rings. The standard InChI is InChI=1S/C18H16N4O2/c1-12-5-2-3-8-16(12)24-18-9-17(19-11-20-18)22-14-6-4-7-15(23)13(14)10-21-22/h2-3,5,8-11H,4,6-7H2,1H3. The lowest BCUT2D eigenvalue weighted by atomic mass is 9.97. The lowest BCUT2D eigenvalue weighted by Gasteiger charge is -2.13. The molecule has 1 aromatic carbocycles. The summed E-state index contributed by atoms with van der Waals surface area (Å²) in [5.41, 5.74) is 2.63. The molecule has 0 radical (unpaired) electrons. The number of ether oxygens (including phenoxy) is 1. The minimum absolute atomic E-state index is 0.146. The zero-order chi connectivity index (χ0) is 16.5. The summed E-state index contributed by atoms with van der Waals surface area (Å²) in [4.78, 5) is 20.4. The van der Waals surface area contributed by atoms with Gasteiger partial charge in [0.15, 0.2) is 11.6 Å². The number of aromatic nitrogens is 4. The Bertz CT molecular complexity index is 917. The normalized spacial score (nSPS) is 13.6. The highest BCUT2D eigenvalue weighted by Crippen LogP contribution is 2.26. The molecule has 0 unspecified atom stereocenters. The van der Waals surface area contributed by atoms with E-state index in [2.05, 4.69) is 15.1 Å². The second-order valence-electron chi connectivity index (χ2n) is 5.78. The van der Waals surface area contributed by atoms with Crippen molar-refractivity contribution in [1.29, 1.82) is 0 Å². The Kier molecular flexibility index (Phi) is 3.57. The van der Waals surface area contributed by atoms with Gasteiger partial charge in [0.1, 0.15) is 12.1 Å². The second-order valence-corrected chi connectivity index (χ2v) is 5.78. The third-order valence-electron chi connectivity index (χ3n) is 4.14. The first kappa shape index (κ1) is 14.6. The van der Waals surface area contributed by atoms with E-state index in [9.17, 15) is 4.79 Å². The van der Waals surface area contributed by atoms with Crippen molar-refractivity contribution in [1.82, 2.24) is 19.7 Å². The van der Waals surface area contributed by atoms with Crippen molar-refractivity contribution in [2.24, 2.45) is 0 Å². The molecule has 0 atom stereocenters. The van der Waals surface area contributed by atoms with E-state index in [0.29, 0.717) is 23.7 Å². The van der Waals surface area contributed by atoms with Gasteiger partial charge in [-0.25, -0.2) is 14.6 Å². The highest BCUT2D eigenvalue weighted by Gasteiger charge is 2.23. The predicted molar refractivity (Wildman–Crippen MR) is 87.7 cm³/mol. The molecule has 6 heteroatoms. The summed E-state index contributed by atoms with van der Waals surface area (Å²) in [6.07, 6.45) is 5.32. The summed E-state index contributed by atoms with van der Waals surface area (Å²) in [7, 11) is 0. The SMILES string of the molecule is Cc1ccccc1Oc1cc(-n2ncc3c2CCCC3=O)ncn1. The molecule has 4 rings (SSSR count). The van der Waals surface area contributed by atoms with Crippen LogP contribution < -0.4 is 4.74 Å². The van der Waals surface area contributed by atoms with E-state index >= 15 is 0 Å². The third kappa shape index (κ3) is 2.56. The van der Waals surface area contributed by atoms with Gasteiger partial charge in [-0.2, -0.15) is 5.10 Å². The van der Waals surface area contributed by atoms with E-state index in [4.69, 9.17) is 4.74 Å². The fourth-order valence-corrected chi connectivity index (χ4v) is 2.88. The van der Waals surface area contributed by atoms with Gasteiger partial charge in [-0.05, 0) is 31.4 Å². The maximum Gasteiger partial charge on any atom is 0.224 e. The molecule has 2 aromatic heterocycles. The third-order valence-corrected chi connectivity index (χ3v) is 4.14. The predicted octanol–water partition coefficient (Wildman–Crippen LogP) is 3.28. The number of para-hydroxylation sites is 1.